The quantitative estimate of drug-likeness (QED) is 0.460. The summed E-state index contributed by atoms with van der Waals surface area (Å²) in [7, 11) is 0. The van der Waals surface area contributed by atoms with Gasteiger partial charge in [-0.25, -0.2) is 0 Å². The highest BCUT2D eigenvalue weighted by Crippen LogP contribution is 2.20. The van der Waals surface area contributed by atoms with Crippen molar-refractivity contribution in [2.45, 2.75) is 20.4 Å². The van der Waals surface area contributed by atoms with Crippen molar-refractivity contribution >= 4 is 11.8 Å². The van der Waals surface area contributed by atoms with Gasteiger partial charge < -0.3 is 10.5 Å². The first-order valence-electron chi connectivity index (χ1n) is 4.57. The average molecular weight is 207 g/mol. The first-order chi connectivity index (χ1) is 7.04. The predicted molar refractivity (Wildman–Crippen MR) is 55.6 cm³/mol. The standard InChI is InChI=1S/C11H13NO3/c1-7(13)10-5-9(6-12)3-4-11(10)15-8(2)14/h3-5H,6,12H2,1-2H3. The monoisotopic (exact) mass is 207 g/mol. The van der Waals surface area contributed by atoms with Crippen molar-refractivity contribution in [3.05, 3.63) is 29.3 Å². The van der Waals surface area contributed by atoms with E-state index < -0.39 is 5.97 Å². The van der Waals surface area contributed by atoms with Crippen LogP contribution in [0.4, 0.5) is 0 Å². The highest BCUT2D eigenvalue weighted by Gasteiger charge is 2.10. The molecular formula is C11H13NO3. The lowest BCUT2D eigenvalue weighted by Gasteiger charge is -2.07. The largest absolute Gasteiger partial charge is 0.426 e. The molecule has 0 aromatic heterocycles. The minimum atomic E-state index is -0.446. The maximum Gasteiger partial charge on any atom is 0.308 e. The van der Waals surface area contributed by atoms with Crippen molar-refractivity contribution in [2.24, 2.45) is 5.73 Å². The van der Waals surface area contributed by atoms with E-state index in [9.17, 15) is 9.59 Å². The molecule has 0 unspecified atom stereocenters. The van der Waals surface area contributed by atoms with Gasteiger partial charge in [0.25, 0.3) is 0 Å². The van der Waals surface area contributed by atoms with Crippen LogP contribution in [-0.4, -0.2) is 11.8 Å². The van der Waals surface area contributed by atoms with Crippen LogP contribution in [0, 0.1) is 0 Å². The smallest absolute Gasteiger partial charge is 0.308 e. The third kappa shape index (κ3) is 2.89. The summed E-state index contributed by atoms with van der Waals surface area (Å²) in [5, 5.41) is 0. The third-order valence-electron chi connectivity index (χ3n) is 1.91. The van der Waals surface area contributed by atoms with E-state index in [0.717, 1.165) is 5.56 Å². The summed E-state index contributed by atoms with van der Waals surface area (Å²) in [4.78, 5) is 22.1. The molecule has 0 radical (unpaired) electrons. The lowest BCUT2D eigenvalue weighted by molar-refractivity contribution is -0.131. The van der Waals surface area contributed by atoms with Crippen LogP contribution < -0.4 is 10.5 Å². The normalized spacial score (nSPS) is 9.80. The zero-order valence-corrected chi connectivity index (χ0v) is 8.74. The molecule has 0 spiro atoms. The van der Waals surface area contributed by atoms with E-state index in [1.807, 2.05) is 0 Å². The van der Waals surface area contributed by atoms with Gasteiger partial charge >= 0.3 is 5.97 Å². The van der Waals surface area contributed by atoms with Crippen LogP contribution in [0.2, 0.25) is 0 Å². The fraction of sp³-hybridized carbons (Fsp3) is 0.273. The molecule has 0 amide bonds. The van der Waals surface area contributed by atoms with E-state index in [2.05, 4.69) is 0 Å². The molecule has 0 heterocycles. The van der Waals surface area contributed by atoms with Gasteiger partial charge in [-0.05, 0) is 24.6 Å². The number of esters is 1. The molecule has 80 valence electrons. The van der Waals surface area contributed by atoms with Crippen LogP contribution in [0.25, 0.3) is 0 Å². The molecule has 0 bridgehead atoms. The van der Waals surface area contributed by atoms with Crippen molar-refractivity contribution < 1.29 is 14.3 Å². The van der Waals surface area contributed by atoms with Crippen LogP contribution in [-0.2, 0) is 11.3 Å². The molecule has 4 heteroatoms. The number of ketones is 1. The van der Waals surface area contributed by atoms with Gasteiger partial charge in [-0.15, -0.1) is 0 Å². The molecule has 15 heavy (non-hydrogen) atoms. The average Bonchev–Trinajstić information content (AvgIpc) is 2.17. The Kier molecular flexibility index (Phi) is 3.57. The minimum absolute atomic E-state index is 0.151. The fourth-order valence-corrected chi connectivity index (χ4v) is 1.22. The zero-order chi connectivity index (χ0) is 11.4. The highest BCUT2D eigenvalue weighted by atomic mass is 16.5. The van der Waals surface area contributed by atoms with Crippen molar-refractivity contribution in [1.82, 2.24) is 0 Å². The number of nitrogens with two attached hydrogens (primary N) is 1. The Morgan fingerprint density at radius 1 is 1.33 bits per heavy atom. The topological polar surface area (TPSA) is 69.4 Å². The highest BCUT2D eigenvalue weighted by molar-refractivity contribution is 5.97. The number of hydrogen-bond donors (Lipinski definition) is 1. The summed E-state index contributed by atoms with van der Waals surface area (Å²) < 4.78 is 4.91. The number of ether oxygens (including phenoxy) is 1. The van der Waals surface area contributed by atoms with E-state index in [0.29, 0.717) is 12.1 Å². The Morgan fingerprint density at radius 2 is 2.00 bits per heavy atom. The van der Waals surface area contributed by atoms with Gasteiger partial charge in [0.15, 0.2) is 5.78 Å². The Bertz CT molecular complexity index is 399. The van der Waals surface area contributed by atoms with Crippen molar-refractivity contribution in [3.63, 3.8) is 0 Å². The lowest BCUT2D eigenvalue weighted by Crippen LogP contribution is -2.07. The molecule has 2 N–H and O–H groups in total. The summed E-state index contributed by atoms with van der Waals surface area (Å²) >= 11 is 0. The minimum Gasteiger partial charge on any atom is -0.426 e. The molecule has 0 aliphatic carbocycles. The number of benzene rings is 1. The Labute approximate surface area is 88.0 Å². The van der Waals surface area contributed by atoms with E-state index in [-0.39, 0.29) is 11.5 Å². The summed E-state index contributed by atoms with van der Waals surface area (Å²) in [6.07, 6.45) is 0. The van der Waals surface area contributed by atoms with Crippen LogP contribution in [0.15, 0.2) is 18.2 Å². The van der Waals surface area contributed by atoms with Crippen molar-refractivity contribution in [1.29, 1.82) is 0 Å². The second-order valence-electron chi connectivity index (χ2n) is 3.18. The van der Waals surface area contributed by atoms with Gasteiger partial charge in [0.2, 0.25) is 0 Å². The summed E-state index contributed by atoms with van der Waals surface area (Å²) in [5.74, 6) is -0.313. The Hall–Kier alpha value is -1.68. The summed E-state index contributed by atoms with van der Waals surface area (Å²) in [6.45, 7) is 3.06. The molecule has 0 aliphatic heterocycles. The van der Waals surface area contributed by atoms with Crippen LogP contribution >= 0.6 is 0 Å². The zero-order valence-electron chi connectivity index (χ0n) is 8.74. The van der Waals surface area contributed by atoms with Gasteiger partial charge in [-0.2, -0.15) is 0 Å². The van der Waals surface area contributed by atoms with E-state index in [1.165, 1.54) is 13.8 Å². The summed E-state index contributed by atoms with van der Waals surface area (Å²) in [6, 6.07) is 4.95. The van der Waals surface area contributed by atoms with Crippen molar-refractivity contribution in [3.8, 4) is 5.75 Å². The Balaban J connectivity index is 3.15. The molecule has 1 aromatic carbocycles. The van der Waals surface area contributed by atoms with Crippen molar-refractivity contribution in [2.75, 3.05) is 0 Å². The first-order valence-corrected chi connectivity index (χ1v) is 4.57. The SMILES string of the molecule is CC(=O)Oc1ccc(CN)cc1C(C)=O. The van der Waals surface area contributed by atoms with Gasteiger partial charge in [0.05, 0.1) is 5.56 Å². The second-order valence-corrected chi connectivity index (χ2v) is 3.18. The predicted octanol–water partition coefficient (Wildman–Crippen LogP) is 1.27. The molecule has 0 aliphatic rings. The van der Waals surface area contributed by atoms with E-state index >= 15 is 0 Å². The van der Waals surface area contributed by atoms with Gasteiger partial charge in [0, 0.05) is 13.5 Å². The van der Waals surface area contributed by atoms with E-state index in [1.54, 1.807) is 18.2 Å². The number of carbonyl (C=O) groups excluding carboxylic acids is 2. The molecule has 0 atom stereocenters. The fourth-order valence-electron chi connectivity index (χ4n) is 1.22. The van der Waals surface area contributed by atoms with Gasteiger partial charge in [0.1, 0.15) is 5.75 Å². The van der Waals surface area contributed by atoms with Gasteiger partial charge in [-0.1, -0.05) is 6.07 Å². The first kappa shape index (κ1) is 11.4. The number of Topliss-reactive ketones (excluding diaryl/α,β-unsaturated/α-hetero) is 1. The van der Waals surface area contributed by atoms with E-state index in [4.69, 9.17) is 10.5 Å². The molecule has 0 saturated carbocycles. The van der Waals surface area contributed by atoms with Crippen LogP contribution in [0.1, 0.15) is 29.8 Å². The maximum absolute atomic E-state index is 11.3. The molecule has 0 fully saturated rings. The molecule has 4 nitrogen and oxygen atoms in total. The Morgan fingerprint density at radius 3 is 2.47 bits per heavy atom. The molecule has 1 rings (SSSR count). The lowest BCUT2D eigenvalue weighted by atomic mass is 10.1. The summed E-state index contributed by atoms with van der Waals surface area (Å²) in [5.41, 5.74) is 6.66. The molecule has 1 aromatic rings. The number of hydrogen-bond acceptors (Lipinski definition) is 4. The third-order valence-corrected chi connectivity index (χ3v) is 1.91. The van der Waals surface area contributed by atoms with Crippen LogP contribution in [0.5, 0.6) is 5.75 Å². The van der Waals surface area contributed by atoms with Gasteiger partial charge in [-0.3, -0.25) is 9.59 Å². The maximum atomic E-state index is 11.3. The number of carbonyl (C=O) groups is 2. The second kappa shape index (κ2) is 4.70. The van der Waals surface area contributed by atoms with Crippen LogP contribution in [0.3, 0.4) is 0 Å². The molecular weight excluding hydrogens is 194 g/mol. The molecule has 0 saturated heterocycles. The number of rotatable bonds is 3.